The monoisotopic (exact) mass is 322 g/mol. The third-order valence-corrected chi connectivity index (χ3v) is 4.89. The Bertz CT molecular complexity index is 780. The molecule has 0 unspecified atom stereocenters. The Morgan fingerprint density at radius 1 is 1.08 bits per heavy atom. The average molecular weight is 322 g/mol. The number of ether oxygens (including phenoxy) is 1. The summed E-state index contributed by atoms with van der Waals surface area (Å²) in [7, 11) is 0. The second kappa shape index (κ2) is 5.74. The van der Waals surface area contributed by atoms with Crippen molar-refractivity contribution in [1.82, 2.24) is 9.88 Å². The van der Waals surface area contributed by atoms with Gasteiger partial charge >= 0.3 is 0 Å². The van der Waals surface area contributed by atoms with Crippen LogP contribution in [-0.2, 0) is 0 Å². The first-order chi connectivity index (χ1) is 11.7. The predicted molar refractivity (Wildman–Crippen MR) is 88.1 cm³/mol. The van der Waals surface area contributed by atoms with Gasteiger partial charge in [0.1, 0.15) is 11.4 Å². The average Bonchev–Trinajstić information content (AvgIpc) is 2.62. The van der Waals surface area contributed by atoms with Crippen molar-refractivity contribution in [3.8, 4) is 5.75 Å². The van der Waals surface area contributed by atoms with Crippen molar-refractivity contribution in [1.29, 1.82) is 0 Å². The van der Waals surface area contributed by atoms with E-state index in [1.54, 1.807) is 24.5 Å². The summed E-state index contributed by atoms with van der Waals surface area (Å²) in [4.78, 5) is 30.7. The molecule has 0 atom stereocenters. The second-order valence-corrected chi connectivity index (χ2v) is 6.41. The molecule has 122 valence electrons. The molecule has 1 fully saturated rings. The maximum atomic E-state index is 12.5. The number of piperidine rings is 1. The van der Waals surface area contributed by atoms with E-state index in [9.17, 15) is 9.59 Å². The molecule has 1 aromatic carbocycles. The molecule has 0 N–H and O–H groups in total. The third-order valence-electron chi connectivity index (χ3n) is 4.89. The van der Waals surface area contributed by atoms with Gasteiger partial charge in [0.2, 0.25) is 0 Å². The Kier molecular flexibility index (Phi) is 3.56. The number of Topliss-reactive ketones (excluding diaryl/α,β-unsaturated/α-hetero) is 1. The summed E-state index contributed by atoms with van der Waals surface area (Å²) in [5.74, 6) is 0.809. The lowest BCUT2D eigenvalue weighted by molar-refractivity contribution is -0.00570. The van der Waals surface area contributed by atoms with Crippen LogP contribution in [0.1, 0.15) is 40.0 Å². The van der Waals surface area contributed by atoms with Crippen molar-refractivity contribution in [2.75, 3.05) is 13.1 Å². The molecule has 0 bridgehead atoms. The fourth-order valence-electron chi connectivity index (χ4n) is 3.52. The molecule has 0 aliphatic carbocycles. The van der Waals surface area contributed by atoms with E-state index in [2.05, 4.69) is 4.98 Å². The maximum Gasteiger partial charge on any atom is 0.253 e. The van der Waals surface area contributed by atoms with Crippen LogP contribution in [-0.4, -0.2) is 40.3 Å². The predicted octanol–water partition coefficient (Wildman–Crippen LogP) is 2.72. The maximum absolute atomic E-state index is 12.5. The Hall–Kier alpha value is -2.69. The normalized spacial score (nSPS) is 18.8. The van der Waals surface area contributed by atoms with Crippen molar-refractivity contribution < 1.29 is 14.3 Å². The SMILES string of the molecule is O=C1CC2(CCN(C(=O)c3ccncc3)CC2)Oc2ccccc21. The number of nitrogens with zero attached hydrogens (tertiary/aromatic N) is 2. The Labute approximate surface area is 140 Å². The van der Waals surface area contributed by atoms with Gasteiger partial charge in [0.05, 0.1) is 12.0 Å². The lowest BCUT2D eigenvalue weighted by atomic mass is 9.82. The van der Waals surface area contributed by atoms with Crippen molar-refractivity contribution in [2.24, 2.45) is 0 Å². The summed E-state index contributed by atoms with van der Waals surface area (Å²) >= 11 is 0. The molecule has 1 saturated heterocycles. The van der Waals surface area contributed by atoms with Crippen molar-refractivity contribution in [2.45, 2.75) is 24.9 Å². The van der Waals surface area contributed by atoms with Crippen LogP contribution >= 0.6 is 0 Å². The molecule has 1 amide bonds. The minimum Gasteiger partial charge on any atom is -0.486 e. The van der Waals surface area contributed by atoms with E-state index in [0.29, 0.717) is 49.2 Å². The lowest BCUT2D eigenvalue weighted by Gasteiger charge is -2.43. The summed E-state index contributed by atoms with van der Waals surface area (Å²) in [6, 6.07) is 10.9. The number of amides is 1. The number of rotatable bonds is 1. The van der Waals surface area contributed by atoms with Gasteiger partial charge in [-0.25, -0.2) is 0 Å². The van der Waals surface area contributed by atoms with Gasteiger partial charge < -0.3 is 9.64 Å². The van der Waals surface area contributed by atoms with Gasteiger partial charge in [0, 0.05) is 43.9 Å². The molecule has 1 aromatic heterocycles. The molecule has 5 heteroatoms. The highest BCUT2D eigenvalue weighted by Gasteiger charge is 2.43. The summed E-state index contributed by atoms with van der Waals surface area (Å²) in [6.07, 6.45) is 4.98. The van der Waals surface area contributed by atoms with Crippen molar-refractivity contribution in [3.05, 3.63) is 59.9 Å². The van der Waals surface area contributed by atoms with Crippen molar-refractivity contribution in [3.63, 3.8) is 0 Å². The molecule has 0 saturated carbocycles. The van der Waals surface area contributed by atoms with Crippen LogP contribution in [0.15, 0.2) is 48.8 Å². The molecule has 2 aliphatic rings. The molecule has 24 heavy (non-hydrogen) atoms. The zero-order valence-electron chi connectivity index (χ0n) is 13.3. The van der Waals surface area contributed by atoms with E-state index in [0.717, 1.165) is 0 Å². The van der Waals surface area contributed by atoms with Gasteiger partial charge in [-0.15, -0.1) is 0 Å². The number of benzene rings is 1. The molecule has 2 aliphatic heterocycles. The number of likely N-dealkylation sites (tertiary alicyclic amines) is 1. The van der Waals surface area contributed by atoms with Gasteiger partial charge in [-0.05, 0) is 24.3 Å². The number of para-hydroxylation sites is 1. The minimum absolute atomic E-state index is 0.00906. The first kappa shape index (κ1) is 14.9. The standard InChI is InChI=1S/C19H18N2O3/c22-16-13-19(24-17-4-2-1-3-15(16)17)7-11-21(12-8-19)18(23)14-5-9-20-10-6-14/h1-6,9-10H,7-8,11-13H2. The van der Waals surface area contributed by atoms with Gasteiger partial charge in [-0.3, -0.25) is 14.6 Å². The molecule has 2 aromatic rings. The molecular weight excluding hydrogens is 304 g/mol. The molecule has 1 spiro atoms. The second-order valence-electron chi connectivity index (χ2n) is 6.41. The third kappa shape index (κ3) is 2.56. The Morgan fingerprint density at radius 3 is 2.54 bits per heavy atom. The summed E-state index contributed by atoms with van der Waals surface area (Å²) in [5.41, 5.74) is 0.839. The molecule has 5 nitrogen and oxygen atoms in total. The Balaban J connectivity index is 1.49. The van der Waals surface area contributed by atoms with Crippen LogP contribution in [0, 0.1) is 0 Å². The fraction of sp³-hybridized carbons (Fsp3) is 0.316. The van der Waals surface area contributed by atoms with Crippen LogP contribution in [0.3, 0.4) is 0 Å². The molecule has 4 rings (SSSR count). The van der Waals surface area contributed by atoms with E-state index in [-0.39, 0.29) is 11.7 Å². The van der Waals surface area contributed by atoms with Crippen LogP contribution < -0.4 is 4.74 Å². The number of hydrogen-bond acceptors (Lipinski definition) is 4. The largest absolute Gasteiger partial charge is 0.486 e. The number of carbonyl (C=O) groups excluding carboxylic acids is 2. The number of pyridine rings is 1. The number of fused-ring (bicyclic) bond motifs is 1. The number of aromatic nitrogens is 1. The number of ketones is 1. The zero-order valence-corrected chi connectivity index (χ0v) is 13.3. The molecule has 3 heterocycles. The highest BCUT2D eigenvalue weighted by Crippen LogP contribution is 2.39. The summed E-state index contributed by atoms with van der Waals surface area (Å²) in [6.45, 7) is 1.19. The van der Waals surface area contributed by atoms with E-state index in [1.807, 2.05) is 29.2 Å². The van der Waals surface area contributed by atoms with Crippen LogP contribution in [0.2, 0.25) is 0 Å². The van der Waals surface area contributed by atoms with Gasteiger partial charge in [-0.1, -0.05) is 12.1 Å². The van der Waals surface area contributed by atoms with E-state index in [4.69, 9.17) is 4.74 Å². The molecular formula is C19H18N2O3. The topological polar surface area (TPSA) is 59.5 Å². The lowest BCUT2D eigenvalue weighted by Crippen LogP contribution is -2.52. The van der Waals surface area contributed by atoms with Gasteiger partial charge in [0.25, 0.3) is 5.91 Å². The highest BCUT2D eigenvalue weighted by atomic mass is 16.5. The molecule has 0 radical (unpaired) electrons. The van der Waals surface area contributed by atoms with Crippen LogP contribution in [0.25, 0.3) is 0 Å². The first-order valence-electron chi connectivity index (χ1n) is 8.17. The summed E-state index contributed by atoms with van der Waals surface area (Å²) in [5, 5.41) is 0. The van der Waals surface area contributed by atoms with E-state index < -0.39 is 5.60 Å². The number of hydrogen-bond donors (Lipinski definition) is 0. The quantitative estimate of drug-likeness (QED) is 0.810. The fourth-order valence-corrected chi connectivity index (χ4v) is 3.52. The number of carbonyl (C=O) groups is 2. The van der Waals surface area contributed by atoms with Crippen LogP contribution in [0.5, 0.6) is 5.75 Å². The Morgan fingerprint density at radius 2 is 1.79 bits per heavy atom. The highest BCUT2D eigenvalue weighted by molar-refractivity contribution is 6.00. The van der Waals surface area contributed by atoms with Crippen LogP contribution in [0.4, 0.5) is 0 Å². The van der Waals surface area contributed by atoms with Gasteiger partial charge in [0.15, 0.2) is 5.78 Å². The minimum atomic E-state index is -0.472. The zero-order chi connectivity index (χ0) is 16.6. The van der Waals surface area contributed by atoms with Gasteiger partial charge in [-0.2, -0.15) is 0 Å². The smallest absolute Gasteiger partial charge is 0.253 e. The first-order valence-corrected chi connectivity index (χ1v) is 8.17. The summed E-state index contributed by atoms with van der Waals surface area (Å²) < 4.78 is 6.20. The van der Waals surface area contributed by atoms with E-state index in [1.165, 1.54) is 0 Å². The van der Waals surface area contributed by atoms with E-state index >= 15 is 0 Å². The van der Waals surface area contributed by atoms with Crippen molar-refractivity contribution >= 4 is 11.7 Å².